The third kappa shape index (κ3) is 1.40. The molecule has 2 nitrogen and oxygen atoms in total. The van der Waals surface area contributed by atoms with Crippen LogP contribution < -0.4 is 0 Å². The fraction of sp³-hybridized carbons (Fsp3) is 0.900. The number of carbonyl (C=O) groups is 1. The van der Waals surface area contributed by atoms with Crippen LogP contribution in [0, 0.1) is 5.92 Å². The molecule has 0 radical (unpaired) electrons. The zero-order valence-electron chi connectivity index (χ0n) is 7.64. The molecule has 0 aromatic heterocycles. The molecule has 1 aliphatic carbocycles. The third-order valence-electron chi connectivity index (χ3n) is 3.23. The van der Waals surface area contributed by atoms with Crippen LogP contribution >= 0.6 is 0 Å². The van der Waals surface area contributed by atoms with Gasteiger partial charge in [-0.1, -0.05) is 0 Å². The van der Waals surface area contributed by atoms with Crippen molar-refractivity contribution in [2.75, 3.05) is 6.61 Å². The van der Waals surface area contributed by atoms with Gasteiger partial charge >= 0.3 is 0 Å². The second-order valence-corrected chi connectivity index (χ2v) is 4.30. The van der Waals surface area contributed by atoms with E-state index in [2.05, 4.69) is 0 Å². The van der Waals surface area contributed by atoms with E-state index in [-0.39, 0.29) is 5.60 Å². The quantitative estimate of drug-likeness (QED) is 0.643. The molecule has 1 aliphatic heterocycles. The Kier molecular flexibility index (Phi) is 1.95. The van der Waals surface area contributed by atoms with Gasteiger partial charge in [-0.05, 0) is 38.5 Å². The van der Waals surface area contributed by atoms with Gasteiger partial charge in [0, 0.05) is 6.42 Å². The first-order chi connectivity index (χ1) is 5.70. The van der Waals surface area contributed by atoms with Crippen LogP contribution in [0.4, 0.5) is 0 Å². The summed E-state index contributed by atoms with van der Waals surface area (Å²) in [7, 11) is 0. The summed E-state index contributed by atoms with van der Waals surface area (Å²) in [6, 6.07) is 0. The number of hydrogen-bond donors (Lipinski definition) is 0. The van der Waals surface area contributed by atoms with Crippen molar-refractivity contribution in [1.29, 1.82) is 0 Å². The molecule has 12 heavy (non-hydrogen) atoms. The van der Waals surface area contributed by atoms with Gasteiger partial charge < -0.3 is 9.53 Å². The molecule has 0 aromatic rings. The average Bonchev–Trinajstić information content (AvgIpc) is 2.60. The highest BCUT2D eigenvalue weighted by Crippen LogP contribution is 2.46. The van der Waals surface area contributed by atoms with E-state index in [9.17, 15) is 4.79 Å². The molecule has 2 aliphatic rings. The Morgan fingerprint density at radius 2 is 2.50 bits per heavy atom. The van der Waals surface area contributed by atoms with E-state index in [1.807, 2.05) is 0 Å². The third-order valence-corrected chi connectivity index (χ3v) is 3.23. The number of carbonyl (C=O) groups excluding carboxylic acids is 1. The monoisotopic (exact) mass is 168 g/mol. The minimum absolute atomic E-state index is 0.121. The number of ketones is 1. The summed E-state index contributed by atoms with van der Waals surface area (Å²) in [5.74, 6) is 1.10. The highest BCUT2D eigenvalue weighted by molar-refractivity contribution is 5.75. The van der Waals surface area contributed by atoms with Crippen LogP contribution in [0.15, 0.2) is 0 Å². The highest BCUT2D eigenvalue weighted by Gasteiger charge is 2.45. The van der Waals surface area contributed by atoms with Gasteiger partial charge in [0.15, 0.2) is 0 Å². The molecule has 2 atom stereocenters. The first-order valence-electron chi connectivity index (χ1n) is 4.84. The van der Waals surface area contributed by atoms with Crippen molar-refractivity contribution in [2.24, 2.45) is 5.92 Å². The fourth-order valence-corrected chi connectivity index (χ4v) is 2.47. The largest absolute Gasteiger partial charge is 0.375 e. The molecule has 0 N–H and O–H groups in total. The lowest BCUT2D eigenvalue weighted by Gasteiger charge is -2.26. The standard InChI is InChI=1S/C10H16O2/c1-8(11)2-4-10-5-3-9(6-10)7-12-10/h9H,2-7H2,1H3. The van der Waals surface area contributed by atoms with Gasteiger partial charge in [-0.25, -0.2) is 0 Å². The van der Waals surface area contributed by atoms with Crippen molar-refractivity contribution < 1.29 is 9.53 Å². The summed E-state index contributed by atoms with van der Waals surface area (Å²) in [5.41, 5.74) is 0.121. The van der Waals surface area contributed by atoms with Crippen LogP contribution in [0.5, 0.6) is 0 Å². The van der Waals surface area contributed by atoms with E-state index in [0.29, 0.717) is 12.2 Å². The van der Waals surface area contributed by atoms with Crippen molar-refractivity contribution >= 4 is 5.78 Å². The molecule has 2 heteroatoms. The van der Waals surface area contributed by atoms with E-state index >= 15 is 0 Å². The van der Waals surface area contributed by atoms with Gasteiger partial charge in [-0.15, -0.1) is 0 Å². The predicted molar refractivity (Wildman–Crippen MR) is 45.9 cm³/mol. The summed E-state index contributed by atoms with van der Waals surface area (Å²) in [6.07, 6.45) is 5.37. The second kappa shape index (κ2) is 2.84. The molecule has 0 amide bonds. The van der Waals surface area contributed by atoms with E-state index in [1.165, 1.54) is 19.3 Å². The molecular weight excluding hydrogens is 152 g/mol. The minimum atomic E-state index is 0.121. The van der Waals surface area contributed by atoms with Gasteiger partial charge in [-0.3, -0.25) is 0 Å². The number of Topliss-reactive ketones (excluding diaryl/α,β-unsaturated/α-hetero) is 1. The molecule has 1 saturated heterocycles. The highest BCUT2D eigenvalue weighted by atomic mass is 16.5. The van der Waals surface area contributed by atoms with E-state index in [0.717, 1.165) is 18.9 Å². The molecule has 0 aromatic carbocycles. The summed E-state index contributed by atoms with van der Waals surface area (Å²) >= 11 is 0. The Labute approximate surface area is 73.3 Å². The Hall–Kier alpha value is -0.370. The summed E-state index contributed by atoms with van der Waals surface area (Å²) in [6.45, 7) is 2.61. The average molecular weight is 168 g/mol. The van der Waals surface area contributed by atoms with Crippen molar-refractivity contribution in [3.8, 4) is 0 Å². The van der Waals surface area contributed by atoms with Gasteiger partial charge in [0.1, 0.15) is 5.78 Å². The van der Waals surface area contributed by atoms with Gasteiger partial charge in [0.2, 0.25) is 0 Å². The minimum Gasteiger partial charge on any atom is -0.375 e. The molecule has 2 rings (SSSR count). The predicted octanol–water partition coefficient (Wildman–Crippen LogP) is 1.92. The maximum Gasteiger partial charge on any atom is 0.129 e. The van der Waals surface area contributed by atoms with E-state index in [1.54, 1.807) is 6.92 Å². The molecule has 1 heterocycles. The van der Waals surface area contributed by atoms with Crippen LogP contribution in [0.3, 0.4) is 0 Å². The molecular formula is C10H16O2. The molecule has 2 bridgehead atoms. The topological polar surface area (TPSA) is 26.3 Å². The van der Waals surface area contributed by atoms with Crippen molar-refractivity contribution in [1.82, 2.24) is 0 Å². The molecule has 68 valence electrons. The molecule has 2 fully saturated rings. The lowest BCUT2D eigenvalue weighted by Crippen LogP contribution is -2.26. The van der Waals surface area contributed by atoms with Crippen molar-refractivity contribution in [3.05, 3.63) is 0 Å². The van der Waals surface area contributed by atoms with Gasteiger partial charge in [0.25, 0.3) is 0 Å². The van der Waals surface area contributed by atoms with Crippen LogP contribution in [-0.2, 0) is 9.53 Å². The molecule has 0 spiro atoms. The number of hydrogen-bond acceptors (Lipinski definition) is 2. The Balaban J connectivity index is 1.90. The Bertz CT molecular complexity index is 190. The first kappa shape index (κ1) is 8.24. The molecule has 1 saturated carbocycles. The van der Waals surface area contributed by atoms with Crippen molar-refractivity contribution in [3.63, 3.8) is 0 Å². The van der Waals surface area contributed by atoms with Gasteiger partial charge in [-0.2, -0.15) is 0 Å². The Morgan fingerprint density at radius 3 is 2.92 bits per heavy atom. The van der Waals surface area contributed by atoms with Crippen LogP contribution in [0.2, 0.25) is 0 Å². The number of ether oxygens (including phenoxy) is 1. The maximum absolute atomic E-state index is 10.8. The summed E-state index contributed by atoms with van der Waals surface area (Å²) < 4.78 is 5.74. The normalized spacial score (nSPS) is 38.9. The second-order valence-electron chi connectivity index (χ2n) is 4.30. The van der Waals surface area contributed by atoms with Crippen LogP contribution in [0.25, 0.3) is 0 Å². The van der Waals surface area contributed by atoms with Crippen molar-refractivity contribution in [2.45, 2.75) is 44.6 Å². The zero-order valence-corrected chi connectivity index (χ0v) is 7.64. The SMILES string of the molecule is CC(=O)CCC12CCC(CO1)C2. The summed E-state index contributed by atoms with van der Waals surface area (Å²) in [5, 5.41) is 0. The van der Waals surface area contributed by atoms with Crippen LogP contribution in [-0.4, -0.2) is 18.0 Å². The lowest BCUT2D eigenvalue weighted by atomic mass is 9.95. The molecule has 2 unspecified atom stereocenters. The van der Waals surface area contributed by atoms with Gasteiger partial charge in [0.05, 0.1) is 12.2 Å². The Morgan fingerprint density at radius 1 is 1.67 bits per heavy atom. The number of rotatable bonds is 3. The smallest absolute Gasteiger partial charge is 0.129 e. The zero-order chi connectivity index (χ0) is 8.60. The number of fused-ring (bicyclic) bond motifs is 2. The first-order valence-corrected chi connectivity index (χ1v) is 4.84. The van der Waals surface area contributed by atoms with Crippen LogP contribution in [0.1, 0.15) is 39.0 Å². The van der Waals surface area contributed by atoms with E-state index < -0.39 is 0 Å². The lowest BCUT2D eigenvalue weighted by molar-refractivity contribution is -0.118. The van der Waals surface area contributed by atoms with E-state index in [4.69, 9.17) is 4.74 Å². The summed E-state index contributed by atoms with van der Waals surface area (Å²) in [4.78, 5) is 10.8. The maximum atomic E-state index is 10.8. The fourth-order valence-electron chi connectivity index (χ4n) is 2.47.